The molecule has 5 heteroatoms. The summed E-state index contributed by atoms with van der Waals surface area (Å²) >= 11 is 1.62. The van der Waals surface area contributed by atoms with E-state index in [1.807, 2.05) is 0 Å². The third kappa shape index (κ3) is 3.06. The average Bonchev–Trinajstić information content (AvgIpc) is 2.09. The van der Waals surface area contributed by atoms with Crippen molar-refractivity contribution in [3.8, 4) is 0 Å². The third-order valence-electron chi connectivity index (χ3n) is 1.21. The maximum atomic E-state index is 8.51. The molecule has 0 unspecified atom stereocenters. The third-order valence-corrected chi connectivity index (χ3v) is 2.18. The van der Waals surface area contributed by atoms with Crippen LogP contribution in [-0.2, 0) is 5.75 Å². The molecule has 0 aromatic carbocycles. The predicted octanol–water partition coefficient (Wildman–Crippen LogP) is 0.284. The molecule has 66 valence electrons. The minimum Gasteiger partial charge on any atom is -0.396 e. The van der Waals surface area contributed by atoms with E-state index in [1.54, 1.807) is 18.0 Å². The van der Waals surface area contributed by atoms with Gasteiger partial charge in [-0.2, -0.15) is 11.8 Å². The SMILES string of the molecule is Nc1cnc(CSCCO)cn1. The predicted molar refractivity (Wildman–Crippen MR) is 49.7 cm³/mol. The highest BCUT2D eigenvalue weighted by Crippen LogP contribution is 2.08. The van der Waals surface area contributed by atoms with Crippen LogP contribution in [0.25, 0.3) is 0 Å². The Balaban J connectivity index is 2.37. The van der Waals surface area contributed by atoms with Gasteiger partial charge in [-0.25, -0.2) is 4.98 Å². The monoisotopic (exact) mass is 185 g/mol. The molecule has 0 saturated heterocycles. The number of rotatable bonds is 4. The number of hydrogen-bond donors (Lipinski definition) is 2. The summed E-state index contributed by atoms with van der Waals surface area (Å²) in [6.45, 7) is 0.201. The number of anilines is 1. The Morgan fingerprint density at radius 2 is 2.25 bits per heavy atom. The standard InChI is InChI=1S/C7H11N3OS/c8-7-4-9-6(3-10-7)5-12-2-1-11/h3-4,11H,1-2,5H2,(H2,8,10). The summed E-state index contributed by atoms with van der Waals surface area (Å²) in [5.41, 5.74) is 6.25. The molecule has 0 bridgehead atoms. The van der Waals surface area contributed by atoms with Crippen LogP contribution in [0.4, 0.5) is 5.82 Å². The number of nitrogen functional groups attached to an aromatic ring is 1. The second kappa shape index (κ2) is 4.95. The molecule has 0 radical (unpaired) electrons. The summed E-state index contributed by atoms with van der Waals surface area (Å²) in [6.07, 6.45) is 3.19. The summed E-state index contributed by atoms with van der Waals surface area (Å²) in [6, 6.07) is 0. The Morgan fingerprint density at radius 1 is 1.42 bits per heavy atom. The van der Waals surface area contributed by atoms with Gasteiger partial charge in [-0.05, 0) is 0 Å². The Hall–Kier alpha value is -0.810. The van der Waals surface area contributed by atoms with Gasteiger partial charge in [0.2, 0.25) is 0 Å². The van der Waals surface area contributed by atoms with Crippen LogP contribution in [0.1, 0.15) is 5.69 Å². The highest BCUT2D eigenvalue weighted by atomic mass is 32.2. The first-order chi connectivity index (χ1) is 5.83. The van der Waals surface area contributed by atoms with Gasteiger partial charge in [0, 0.05) is 11.5 Å². The van der Waals surface area contributed by atoms with E-state index in [9.17, 15) is 0 Å². The molecule has 0 atom stereocenters. The van der Waals surface area contributed by atoms with Crippen molar-refractivity contribution in [3.63, 3.8) is 0 Å². The quantitative estimate of drug-likeness (QED) is 0.659. The average molecular weight is 185 g/mol. The number of nitrogens with zero attached hydrogens (tertiary/aromatic N) is 2. The van der Waals surface area contributed by atoms with Gasteiger partial charge in [-0.1, -0.05) is 0 Å². The highest BCUT2D eigenvalue weighted by molar-refractivity contribution is 7.98. The zero-order valence-corrected chi connectivity index (χ0v) is 7.42. The van der Waals surface area contributed by atoms with Crippen LogP contribution in [-0.4, -0.2) is 27.4 Å². The lowest BCUT2D eigenvalue weighted by atomic mass is 10.5. The molecular formula is C7H11N3OS. The molecule has 1 aromatic heterocycles. The van der Waals surface area contributed by atoms with Gasteiger partial charge in [0.1, 0.15) is 5.82 Å². The molecule has 0 amide bonds. The molecule has 12 heavy (non-hydrogen) atoms. The van der Waals surface area contributed by atoms with E-state index in [1.165, 1.54) is 6.20 Å². The fraction of sp³-hybridized carbons (Fsp3) is 0.429. The van der Waals surface area contributed by atoms with Gasteiger partial charge in [0.15, 0.2) is 0 Å². The number of nitrogens with two attached hydrogens (primary N) is 1. The van der Waals surface area contributed by atoms with E-state index in [0.717, 1.165) is 17.2 Å². The first-order valence-corrected chi connectivity index (χ1v) is 4.73. The lowest BCUT2D eigenvalue weighted by molar-refractivity contribution is 0.322. The Kier molecular flexibility index (Phi) is 3.83. The molecule has 0 aliphatic rings. The number of aromatic nitrogens is 2. The molecule has 1 heterocycles. The summed E-state index contributed by atoms with van der Waals surface area (Å²) in [7, 11) is 0. The smallest absolute Gasteiger partial charge is 0.141 e. The van der Waals surface area contributed by atoms with Crippen LogP contribution in [0.15, 0.2) is 12.4 Å². The van der Waals surface area contributed by atoms with Crippen molar-refractivity contribution in [1.29, 1.82) is 0 Å². The van der Waals surface area contributed by atoms with Gasteiger partial charge < -0.3 is 10.8 Å². The van der Waals surface area contributed by atoms with Crippen LogP contribution in [0.5, 0.6) is 0 Å². The molecular weight excluding hydrogens is 174 g/mol. The maximum Gasteiger partial charge on any atom is 0.141 e. The van der Waals surface area contributed by atoms with E-state index < -0.39 is 0 Å². The van der Waals surface area contributed by atoms with Crippen molar-refractivity contribution in [2.75, 3.05) is 18.1 Å². The number of hydrogen-bond acceptors (Lipinski definition) is 5. The van der Waals surface area contributed by atoms with Gasteiger partial charge >= 0.3 is 0 Å². The molecule has 0 aliphatic carbocycles. The number of aliphatic hydroxyl groups is 1. The first kappa shape index (κ1) is 9.28. The van der Waals surface area contributed by atoms with Gasteiger partial charge in [-0.3, -0.25) is 4.98 Å². The van der Waals surface area contributed by atoms with Crippen molar-refractivity contribution >= 4 is 17.6 Å². The van der Waals surface area contributed by atoms with E-state index in [4.69, 9.17) is 10.8 Å². The minimum atomic E-state index is 0.201. The van der Waals surface area contributed by atoms with Crippen LogP contribution in [0.3, 0.4) is 0 Å². The van der Waals surface area contributed by atoms with E-state index in [2.05, 4.69) is 9.97 Å². The van der Waals surface area contributed by atoms with Crippen molar-refractivity contribution in [2.24, 2.45) is 0 Å². The van der Waals surface area contributed by atoms with Crippen LogP contribution in [0.2, 0.25) is 0 Å². The van der Waals surface area contributed by atoms with Crippen LogP contribution >= 0.6 is 11.8 Å². The maximum absolute atomic E-state index is 8.51. The molecule has 0 aliphatic heterocycles. The zero-order valence-electron chi connectivity index (χ0n) is 6.60. The van der Waals surface area contributed by atoms with Crippen molar-refractivity contribution < 1.29 is 5.11 Å². The molecule has 1 aromatic rings. The number of thioether (sulfide) groups is 1. The topological polar surface area (TPSA) is 72.0 Å². The van der Waals surface area contributed by atoms with Crippen LogP contribution in [0, 0.1) is 0 Å². The van der Waals surface area contributed by atoms with Crippen molar-refractivity contribution in [1.82, 2.24) is 9.97 Å². The fourth-order valence-electron chi connectivity index (χ4n) is 0.681. The Labute approximate surface area is 75.2 Å². The summed E-state index contributed by atoms with van der Waals surface area (Å²) in [5, 5.41) is 8.51. The molecule has 3 N–H and O–H groups in total. The molecule has 4 nitrogen and oxygen atoms in total. The lowest BCUT2D eigenvalue weighted by Crippen LogP contribution is -1.95. The zero-order chi connectivity index (χ0) is 8.81. The highest BCUT2D eigenvalue weighted by Gasteiger charge is 1.94. The largest absolute Gasteiger partial charge is 0.396 e. The van der Waals surface area contributed by atoms with Gasteiger partial charge in [-0.15, -0.1) is 0 Å². The Morgan fingerprint density at radius 3 is 2.83 bits per heavy atom. The second-order valence-electron chi connectivity index (χ2n) is 2.21. The number of aliphatic hydroxyl groups excluding tert-OH is 1. The minimum absolute atomic E-state index is 0.201. The summed E-state index contributed by atoms with van der Waals surface area (Å²) < 4.78 is 0. The summed E-state index contributed by atoms with van der Waals surface area (Å²) in [4.78, 5) is 7.96. The molecule has 0 spiro atoms. The second-order valence-corrected chi connectivity index (χ2v) is 3.31. The van der Waals surface area contributed by atoms with E-state index >= 15 is 0 Å². The van der Waals surface area contributed by atoms with Crippen LogP contribution < -0.4 is 5.73 Å². The van der Waals surface area contributed by atoms with E-state index in [-0.39, 0.29) is 6.61 Å². The van der Waals surface area contributed by atoms with Crippen molar-refractivity contribution in [2.45, 2.75) is 5.75 Å². The van der Waals surface area contributed by atoms with Gasteiger partial charge in [0.05, 0.1) is 24.7 Å². The van der Waals surface area contributed by atoms with Crippen molar-refractivity contribution in [3.05, 3.63) is 18.1 Å². The molecule has 0 saturated carbocycles. The Bertz CT molecular complexity index is 227. The molecule has 0 fully saturated rings. The van der Waals surface area contributed by atoms with Gasteiger partial charge in [0.25, 0.3) is 0 Å². The fourth-order valence-corrected chi connectivity index (χ4v) is 1.31. The van der Waals surface area contributed by atoms with E-state index in [0.29, 0.717) is 5.82 Å². The first-order valence-electron chi connectivity index (χ1n) is 3.58. The molecule has 1 rings (SSSR count). The lowest BCUT2D eigenvalue weighted by Gasteiger charge is -1.98. The summed E-state index contributed by atoms with van der Waals surface area (Å²) in [5.74, 6) is 1.94. The normalized spacial score (nSPS) is 10.1.